The average molecular weight is 286 g/mol. The molecule has 0 unspecified atom stereocenters. The average Bonchev–Trinajstić information content (AvgIpc) is 3.06. The van der Waals surface area contributed by atoms with Crippen molar-refractivity contribution in [1.82, 2.24) is 0 Å². The Labute approximate surface area is 116 Å². The van der Waals surface area contributed by atoms with Crippen LogP contribution in [-0.2, 0) is 26.2 Å². The van der Waals surface area contributed by atoms with Crippen LogP contribution in [0.2, 0.25) is 0 Å². The molecule has 0 fully saturated rings. The molecule has 0 nitrogen and oxygen atoms in total. The first-order valence-electron chi connectivity index (χ1n) is 5.21. The summed E-state index contributed by atoms with van der Waals surface area (Å²) in [6, 6.07) is 18.5. The molecule has 0 N–H and O–H groups in total. The second kappa shape index (κ2) is 7.36. The fourth-order valence-corrected chi connectivity index (χ4v) is 1.57. The van der Waals surface area contributed by atoms with E-state index < -0.39 is 0 Å². The third kappa shape index (κ3) is 3.91. The predicted octanol–water partition coefficient (Wildman–Crippen LogP) is 4.15. The van der Waals surface area contributed by atoms with Crippen LogP contribution in [0.25, 0.3) is 5.57 Å². The van der Waals surface area contributed by atoms with Crippen LogP contribution in [0, 0.1) is 0 Å². The zero-order chi connectivity index (χ0) is 10.3. The minimum Gasteiger partial charge on any atom is -0.214 e. The molecule has 1 heteroatoms. The van der Waals surface area contributed by atoms with Crippen LogP contribution in [0.5, 0.6) is 0 Å². The van der Waals surface area contributed by atoms with Crippen LogP contribution >= 0.6 is 0 Å². The maximum absolute atomic E-state index is 2.18. The van der Waals surface area contributed by atoms with Crippen LogP contribution < -0.4 is 0 Å². The maximum atomic E-state index is 2.18. The van der Waals surface area contributed by atoms with E-state index in [1.165, 1.54) is 11.1 Å². The van der Waals surface area contributed by atoms with E-state index in [1.54, 1.807) is 0 Å². The second-order valence-electron chi connectivity index (χ2n) is 3.46. The second-order valence-corrected chi connectivity index (χ2v) is 3.46. The van der Waals surface area contributed by atoms with Gasteiger partial charge in [0.05, 0.1) is 0 Å². The van der Waals surface area contributed by atoms with Crippen LogP contribution in [0.15, 0.2) is 72.8 Å². The quantitative estimate of drug-likeness (QED) is 0.690. The van der Waals surface area contributed by atoms with Crippen molar-refractivity contribution in [3.8, 4) is 0 Å². The van der Waals surface area contributed by atoms with Gasteiger partial charge in [-0.05, 0) is 6.42 Å². The Kier molecular flexibility index (Phi) is 6.04. The summed E-state index contributed by atoms with van der Waals surface area (Å²) in [7, 11) is 0. The molecule has 0 radical (unpaired) electrons. The molecule has 16 heavy (non-hydrogen) atoms. The Balaban J connectivity index is 0.000000183. The van der Waals surface area contributed by atoms with E-state index in [1.807, 2.05) is 30.3 Å². The van der Waals surface area contributed by atoms with Crippen LogP contribution in [0.3, 0.4) is 0 Å². The van der Waals surface area contributed by atoms with Gasteiger partial charge in [-0.15, -0.1) is 35.4 Å². The van der Waals surface area contributed by atoms with Gasteiger partial charge in [0.25, 0.3) is 0 Å². The zero-order valence-electron chi connectivity index (χ0n) is 9.14. The first kappa shape index (κ1) is 13.1. The summed E-state index contributed by atoms with van der Waals surface area (Å²) >= 11 is 0. The zero-order valence-corrected chi connectivity index (χ0v) is 11.6. The Bertz CT molecular complexity index is 399. The van der Waals surface area contributed by atoms with E-state index in [0.29, 0.717) is 0 Å². The molecule has 0 saturated heterocycles. The summed E-state index contributed by atoms with van der Waals surface area (Å²) in [5, 5.41) is 0. The molecule has 0 atom stereocenters. The molecule has 0 bridgehead atoms. The fourth-order valence-electron chi connectivity index (χ4n) is 1.57. The SMILES string of the molecule is C1=CCC([c-]2cccc2)=C1.[Zr+2].c1cc[cH-]c1. The van der Waals surface area contributed by atoms with Crippen molar-refractivity contribution >= 4 is 5.57 Å². The van der Waals surface area contributed by atoms with Crippen LogP contribution in [0.1, 0.15) is 12.0 Å². The predicted molar refractivity (Wildman–Crippen MR) is 65.8 cm³/mol. The summed E-state index contributed by atoms with van der Waals surface area (Å²) in [5.41, 5.74) is 2.80. The van der Waals surface area contributed by atoms with Crippen molar-refractivity contribution in [3.05, 3.63) is 78.4 Å². The van der Waals surface area contributed by atoms with Crippen LogP contribution in [-0.4, -0.2) is 0 Å². The van der Waals surface area contributed by atoms with Gasteiger partial charge in [0, 0.05) is 0 Å². The molecule has 0 aromatic heterocycles. The molecule has 2 aromatic rings. The van der Waals surface area contributed by atoms with Gasteiger partial charge in [0.2, 0.25) is 0 Å². The topological polar surface area (TPSA) is 0 Å². The smallest absolute Gasteiger partial charge is 0.214 e. The normalized spacial score (nSPS) is 12.4. The van der Waals surface area contributed by atoms with Gasteiger partial charge in [0.1, 0.15) is 0 Å². The van der Waals surface area contributed by atoms with Gasteiger partial charge in [-0.3, -0.25) is 0 Å². The Hall–Kier alpha value is -0.937. The van der Waals surface area contributed by atoms with Crippen molar-refractivity contribution < 1.29 is 26.2 Å². The molecule has 0 amide bonds. The fraction of sp³-hybridized carbons (Fsp3) is 0.0667. The van der Waals surface area contributed by atoms with Crippen LogP contribution in [0.4, 0.5) is 0 Å². The van der Waals surface area contributed by atoms with E-state index in [-0.39, 0.29) is 26.2 Å². The van der Waals surface area contributed by atoms with E-state index >= 15 is 0 Å². The third-order valence-electron chi connectivity index (χ3n) is 2.36. The standard InChI is InChI=1S/C10H9.C5H5.Zr/c1-2-6-9(5-1)10-7-3-4-8-10;1-2-4-5-3-1;/h1-7H,8H2;1-5H;/q2*-1;+2. The number of allylic oxidation sites excluding steroid dienone is 4. The van der Waals surface area contributed by atoms with E-state index in [0.717, 1.165) is 6.42 Å². The van der Waals surface area contributed by atoms with Gasteiger partial charge in [-0.2, -0.15) is 30.3 Å². The molecule has 1 aliphatic carbocycles. The molecule has 78 valence electrons. The summed E-state index contributed by atoms with van der Waals surface area (Å²) in [5.74, 6) is 0. The third-order valence-corrected chi connectivity index (χ3v) is 2.36. The molecule has 0 aliphatic heterocycles. The molecule has 0 heterocycles. The molecule has 2 aromatic carbocycles. The van der Waals surface area contributed by atoms with E-state index in [4.69, 9.17) is 0 Å². The molecular weight excluding hydrogens is 271 g/mol. The van der Waals surface area contributed by atoms with Gasteiger partial charge in [-0.25, -0.2) is 12.1 Å². The van der Waals surface area contributed by atoms with Crippen molar-refractivity contribution in [3.63, 3.8) is 0 Å². The maximum Gasteiger partial charge on any atom is 2.00 e. The Morgan fingerprint density at radius 2 is 1.69 bits per heavy atom. The van der Waals surface area contributed by atoms with E-state index in [2.05, 4.69) is 42.5 Å². The van der Waals surface area contributed by atoms with E-state index in [9.17, 15) is 0 Å². The van der Waals surface area contributed by atoms with Crippen molar-refractivity contribution in [2.24, 2.45) is 0 Å². The van der Waals surface area contributed by atoms with Crippen molar-refractivity contribution in [1.29, 1.82) is 0 Å². The molecule has 1 aliphatic rings. The first-order chi connectivity index (χ1) is 7.47. The number of hydrogen-bond donors (Lipinski definition) is 0. The molecular formula is C15H14Zr. The summed E-state index contributed by atoms with van der Waals surface area (Å²) < 4.78 is 0. The summed E-state index contributed by atoms with van der Waals surface area (Å²) in [4.78, 5) is 0. The summed E-state index contributed by atoms with van der Waals surface area (Å²) in [6.07, 6.45) is 7.57. The minimum absolute atomic E-state index is 0. The molecule has 0 saturated carbocycles. The van der Waals surface area contributed by atoms with Crippen molar-refractivity contribution in [2.75, 3.05) is 0 Å². The van der Waals surface area contributed by atoms with Gasteiger partial charge < -0.3 is 0 Å². The largest absolute Gasteiger partial charge is 2.00 e. The monoisotopic (exact) mass is 284 g/mol. The Morgan fingerprint density at radius 1 is 1.00 bits per heavy atom. The number of hydrogen-bond acceptors (Lipinski definition) is 0. The summed E-state index contributed by atoms with van der Waals surface area (Å²) in [6.45, 7) is 0. The van der Waals surface area contributed by atoms with Gasteiger partial charge in [0.15, 0.2) is 0 Å². The first-order valence-corrected chi connectivity index (χ1v) is 5.21. The van der Waals surface area contributed by atoms with Crippen molar-refractivity contribution in [2.45, 2.75) is 6.42 Å². The molecule has 0 spiro atoms. The Morgan fingerprint density at radius 3 is 2.12 bits per heavy atom. The molecule has 3 rings (SSSR count). The minimum atomic E-state index is 0. The van der Waals surface area contributed by atoms with Gasteiger partial charge in [-0.1, -0.05) is 6.08 Å². The number of rotatable bonds is 1. The van der Waals surface area contributed by atoms with Gasteiger partial charge >= 0.3 is 26.2 Å².